The van der Waals surface area contributed by atoms with Crippen LogP contribution in [-0.2, 0) is 0 Å². The highest BCUT2D eigenvalue weighted by molar-refractivity contribution is 6.04. The number of carbonyl (C=O) groups excluding carboxylic acids is 1. The molecule has 0 aliphatic rings. The van der Waals surface area contributed by atoms with Crippen LogP contribution >= 0.6 is 0 Å². The van der Waals surface area contributed by atoms with Gasteiger partial charge in [0.05, 0.1) is 5.69 Å². The summed E-state index contributed by atoms with van der Waals surface area (Å²) >= 11 is 0. The Kier molecular flexibility index (Phi) is 2.91. The summed E-state index contributed by atoms with van der Waals surface area (Å²) in [5.74, 6) is -0.466. The van der Waals surface area contributed by atoms with Crippen molar-refractivity contribution in [2.24, 2.45) is 5.73 Å². The molecule has 4 nitrogen and oxygen atoms in total. The van der Waals surface area contributed by atoms with Crippen LogP contribution in [-0.4, -0.2) is 16.1 Å². The fourth-order valence-corrected chi connectivity index (χ4v) is 2.34. The number of nitrogens with two attached hydrogens (primary N) is 1. The summed E-state index contributed by atoms with van der Waals surface area (Å²) < 4.78 is 0. The molecule has 0 aliphatic carbocycles. The molecule has 0 unspecified atom stereocenters. The lowest BCUT2D eigenvalue weighted by Crippen LogP contribution is -2.12. The lowest BCUT2D eigenvalue weighted by Gasteiger charge is -2.09. The van der Waals surface area contributed by atoms with Gasteiger partial charge in [0.2, 0.25) is 5.91 Å². The molecule has 98 valence electrons. The Balaban J connectivity index is 2.37. The highest BCUT2D eigenvalue weighted by Gasteiger charge is 2.14. The summed E-state index contributed by atoms with van der Waals surface area (Å²) in [7, 11) is 0. The number of amides is 1. The first kappa shape index (κ1) is 12.3. The third-order valence-electron chi connectivity index (χ3n) is 3.32. The Hall–Kier alpha value is -2.75. The molecule has 1 amide bonds. The third-order valence-corrected chi connectivity index (χ3v) is 3.32. The zero-order valence-electron chi connectivity index (χ0n) is 11.0. The highest BCUT2D eigenvalue weighted by atomic mass is 16.1. The molecule has 1 aromatic heterocycles. The molecule has 2 aromatic carbocycles. The van der Waals surface area contributed by atoms with E-state index in [0.29, 0.717) is 16.8 Å². The summed E-state index contributed by atoms with van der Waals surface area (Å²) in [4.78, 5) is 11.6. The minimum Gasteiger partial charge on any atom is -0.366 e. The quantitative estimate of drug-likeness (QED) is 0.772. The number of aryl methyl sites for hydroxylation is 1. The van der Waals surface area contributed by atoms with Gasteiger partial charge in [0.1, 0.15) is 5.69 Å². The maximum Gasteiger partial charge on any atom is 0.249 e. The van der Waals surface area contributed by atoms with Gasteiger partial charge < -0.3 is 5.73 Å². The van der Waals surface area contributed by atoms with Gasteiger partial charge in [-0.3, -0.25) is 4.79 Å². The Morgan fingerprint density at radius 1 is 0.950 bits per heavy atom. The molecule has 0 spiro atoms. The van der Waals surface area contributed by atoms with Crippen molar-refractivity contribution in [3.8, 4) is 11.3 Å². The van der Waals surface area contributed by atoms with Crippen LogP contribution in [0.3, 0.4) is 0 Å². The number of aromatic nitrogens is 2. The van der Waals surface area contributed by atoms with Crippen molar-refractivity contribution < 1.29 is 4.79 Å². The van der Waals surface area contributed by atoms with Crippen molar-refractivity contribution in [2.45, 2.75) is 6.92 Å². The number of rotatable bonds is 2. The molecular formula is C16H13N3O. The molecule has 3 aromatic rings. The van der Waals surface area contributed by atoms with Gasteiger partial charge in [0.15, 0.2) is 0 Å². The highest BCUT2D eigenvalue weighted by Crippen LogP contribution is 2.29. The van der Waals surface area contributed by atoms with Gasteiger partial charge in [0, 0.05) is 21.9 Å². The van der Waals surface area contributed by atoms with Crippen LogP contribution in [0.25, 0.3) is 22.0 Å². The van der Waals surface area contributed by atoms with Gasteiger partial charge in [-0.15, -0.1) is 5.10 Å². The maximum atomic E-state index is 11.6. The van der Waals surface area contributed by atoms with Crippen molar-refractivity contribution in [1.82, 2.24) is 10.2 Å². The molecule has 4 heteroatoms. The Morgan fingerprint density at radius 3 is 2.35 bits per heavy atom. The van der Waals surface area contributed by atoms with E-state index in [9.17, 15) is 4.79 Å². The normalized spacial score (nSPS) is 10.7. The molecule has 0 saturated heterocycles. The molecule has 1 heterocycles. The largest absolute Gasteiger partial charge is 0.366 e. The average molecular weight is 263 g/mol. The molecule has 0 radical (unpaired) electrons. The van der Waals surface area contributed by atoms with E-state index < -0.39 is 5.91 Å². The van der Waals surface area contributed by atoms with Crippen LogP contribution in [0.5, 0.6) is 0 Å². The van der Waals surface area contributed by atoms with E-state index in [1.165, 1.54) is 0 Å². The number of carbonyl (C=O) groups is 1. The zero-order chi connectivity index (χ0) is 14.1. The number of fused-ring (bicyclic) bond motifs is 1. The summed E-state index contributed by atoms with van der Waals surface area (Å²) in [6, 6.07) is 15.1. The van der Waals surface area contributed by atoms with Crippen molar-refractivity contribution >= 4 is 16.7 Å². The molecule has 0 atom stereocenters. The average Bonchev–Trinajstić information content (AvgIpc) is 2.48. The lowest BCUT2D eigenvalue weighted by atomic mass is 9.99. The van der Waals surface area contributed by atoms with Crippen LogP contribution in [0.2, 0.25) is 0 Å². The number of benzene rings is 2. The summed E-state index contributed by atoms with van der Waals surface area (Å²) in [5, 5.41) is 10.4. The van der Waals surface area contributed by atoms with E-state index in [4.69, 9.17) is 5.73 Å². The molecule has 0 aliphatic heterocycles. The molecule has 0 fully saturated rings. The fraction of sp³-hybridized carbons (Fsp3) is 0.0625. The standard InChI is InChI=1S/C16H13N3O/c1-10-11-6-2-3-7-12(11)15(19-18-10)13-8-4-5-9-14(13)16(17)20/h2-9H,1H3,(H2,17,20). The van der Waals surface area contributed by atoms with Crippen LogP contribution in [0.4, 0.5) is 0 Å². The summed E-state index contributed by atoms with van der Waals surface area (Å²) in [6.07, 6.45) is 0. The second kappa shape index (κ2) is 4.74. The Labute approximate surface area is 116 Å². The van der Waals surface area contributed by atoms with Gasteiger partial charge >= 0.3 is 0 Å². The van der Waals surface area contributed by atoms with Crippen molar-refractivity contribution in [3.05, 3.63) is 59.8 Å². The van der Waals surface area contributed by atoms with Crippen LogP contribution in [0.15, 0.2) is 48.5 Å². The predicted molar refractivity (Wildman–Crippen MR) is 78.2 cm³/mol. The molecular weight excluding hydrogens is 250 g/mol. The monoisotopic (exact) mass is 263 g/mol. The first-order chi connectivity index (χ1) is 9.68. The number of hydrogen-bond acceptors (Lipinski definition) is 3. The van der Waals surface area contributed by atoms with Crippen LogP contribution in [0.1, 0.15) is 16.1 Å². The van der Waals surface area contributed by atoms with Gasteiger partial charge in [-0.2, -0.15) is 5.10 Å². The first-order valence-electron chi connectivity index (χ1n) is 6.29. The summed E-state index contributed by atoms with van der Waals surface area (Å²) in [6.45, 7) is 1.92. The Bertz CT molecular complexity index is 812. The van der Waals surface area contributed by atoms with Gasteiger partial charge in [-0.25, -0.2) is 0 Å². The van der Waals surface area contributed by atoms with Crippen molar-refractivity contribution in [1.29, 1.82) is 0 Å². The van der Waals surface area contributed by atoms with Gasteiger partial charge in [0.25, 0.3) is 0 Å². The van der Waals surface area contributed by atoms with Crippen molar-refractivity contribution in [3.63, 3.8) is 0 Å². The number of hydrogen-bond donors (Lipinski definition) is 1. The zero-order valence-corrected chi connectivity index (χ0v) is 11.0. The van der Waals surface area contributed by atoms with E-state index >= 15 is 0 Å². The van der Waals surface area contributed by atoms with E-state index in [1.54, 1.807) is 12.1 Å². The second-order valence-electron chi connectivity index (χ2n) is 4.59. The summed E-state index contributed by atoms with van der Waals surface area (Å²) in [5.41, 5.74) is 8.15. The molecule has 0 bridgehead atoms. The van der Waals surface area contributed by atoms with Gasteiger partial charge in [-0.1, -0.05) is 42.5 Å². The predicted octanol–water partition coefficient (Wildman–Crippen LogP) is 2.70. The topological polar surface area (TPSA) is 68.9 Å². The van der Waals surface area contributed by atoms with E-state index in [1.807, 2.05) is 43.3 Å². The minimum atomic E-state index is -0.466. The fourth-order valence-electron chi connectivity index (χ4n) is 2.34. The Morgan fingerprint density at radius 2 is 1.60 bits per heavy atom. The van der Waals surface area contributed by atoms with E-state index in [-0.39, 0.29) is 0 Å². The number of primary amides is 1. The third kappa shape index (κ3) is 1.91. The van der Waals surface area contributed by atoms with Crippen molar-refractivity contribution in [2.75, 3.05) is 0 Å². The SMILES string of the molecule is Cc1nnc(-c2ccccc2C(N)=O)c2ccccc12. The first-order valence-corrected chi connectivity index (χ1v) is 6.29. The smallest absolute Gasteiger partial charge is 0.249 e. The van der Waals surface area contributed by atoms with Crippen LogP contribution < -0.4 is 5.73 Å². The molecule has 3 rings (SSSR count). The minimum absolute atomic E-state index is 0.454. The van der Waals surface area contributed by atoms with E-state index in [0.717, 1.165) is 16.5 Å². The molecule has 2 N–H and O–H groups in total. The van der Waals surface area contributed by atoms with Gasteiger partial charge in [-0.05, 0) is 13.0 Å². The number of nitrogens with zero attached hydrogens (tertiary/aromatic N) is 2. The lowest BCUT2D eigenvalue weighted by molar-refractivity contribution is 0.100. The maximum absolute atomic E-state index is 11.6. The van der Waals surface area contributed by atoms with Crippen LogP contribution in [0, 0.1) is 6.92 Å². The molecule has 0 saturated carbocycles. The van der Waals surface area contributed by atoms with E-state index in [2.05, 4.69) is 10.2 Å². The second-order valence-corrected chi connectivity index (χ2v) is 4.59. The molecule has 20 heavy (non-hydrogen) atoms.